The lowest BCUT2D eigenvalue weighted by atomic mass is 10.1. The molecule has 1 N–H and O–H groups in total. The van der Waals surface area contributed by atoms with E-state index in [1.807, 2.05) is 27.7 Å². The molecule has 0 aliphatic carbocycles. The molecule has 2 amide bonds. The van der Waals surface area contributed by atoms with Crippen molar-refractivity contribution in [2.75, 3.05) is 0 Å². The highest BCUT2D eigenvalue weighted by atomic mass is 16.3. The highest BCUT2D eigenvalue weighted by molar-refractivity contribution is 5.92. The average Bonchev–Trinajstić information content (AvgIpc) is 2.92. The lowest BCUT2D eigenvalue weighted by Gasteiger charge is -2.25. The van der Waals surface area contributed by atoms with Gasteiger partial charge in [-0.15, -0.1) is 0 Å². The van der Waals surface area contributed by atoms with E-state index in [1.165, 1.54) is 6.26 Å². The molecule has 0 saturated heterocycles. The third-order valence-electron chi connectivity index (χ3n) is 3.45. The maximum atomic E-state index is 12.3. The first-order chi connectivity index (χ1) is 10.8. The Hall–Kier alpha value is -1.85. The minimum absolute atomic E-state index is 0.0370. The van der Waals surface area contributed by atoms with Crippen LogP contribution < -0.4 is 5.32 Å². The van der Waals surface area contributed by atoms with Crippen LogP contribution in [-0.4, -0.2) is 33.8 Å². The first kappa shape index (κ1) is 19.2. The molecule has 0 unspecified atom stereocenters. The Balaban J connectivity index is 2.68. The first-order valence-corrected chi connectivity index (χ1v) is 8.39. The van der Waals surface area contributed by atoms with Gasteiger partial charge in [0.05, 0.1) is 6.54 Å². The van der Waals surface area contributed by atoms with Crippen molar-refractivity contribution in [2.45, 2.75) is 78.9 Å². The maximum Gasteiger partial charge on any atom is 0.273 e. The molecule has 23 heavy (non-hydrogen) atoms. The van der Waals surface area contributed by atoms with Crippen LogP contribution in [-0.2, 0) is 11.3 Å². The van der Waals surface area contributed by atoms with Crippen LogP contribution in [0.5, 0.6) is 0 Å². The van der Waals surface area contributed by atoms with Crippen LogP contribution in [0.3, 0.4) is 0 Å². The largest absolute Gasteiger partial charge is 0.446 e. The molecule has 0 radical (unpaired) electrons. The number of hydrogen-bond acceptors (Lipinski definition) is 4. The molecule has 1 heterocycles. The topological polar surface area (TPSA) is 75.4 Å². The lowest BCUT2D eigenvalue weighted by molar-refractivity contribution is -0.134. The van der Waals surface area contributed by atoms with Gasteiger partial charge in [-0.05, 0) is 34.1 Å². The highest BCUT2D eigenvalue weighted by Gasteiger charge is 2.20. The SMILES string of the molecule is CCCCCC(=O)N(Cc1nc(C(=O)NC(C)C)co1)C(C)C. The molecular formula is C17H29N3O3. The van der Waals surface area contributed by atoms with Gasteiger partial charge in [0.1, 0.15) is 6.26 Å². The molecule has 0 aromatic carbocycles. The van der Waals surface area contributed by atoms with Gasteiger partial charge in [-0.25, -0.2) is 4.98 Å². The van der Waals surface area contributed by atoms with Crippen molar-refractivity contribution >= 4 is 11.8 Å². The van der Waals surface area contributed by atoms with Gasteiger partial charge in [-0.2, -0.15) is 0 Å². The van der Waals surface area contributed by atoms with Crippen molar-refractivity contribution in [3.05, 3.63) is 17.8 Å². The van der Waals surface area contributed by atoms with Crippen LogP contribution in [0.4, 0.5) is 0 Å². The lowest BCUT2D eigenvalue weighted by Crippen LogP contribution is -2.36. The smallest absolute Gasteiger partial charge is 0.273 e. The zero-order chi connectivity index (χ0) is 17.4. The molecule has 0 saturated carbocycles. The zero-order valence-corrected chi connectivity index (χ0v) is 14.9. The average molecular weight is 323 g/mol. The Morgan fingerprint density at radius 2 is 1.96 bits per heavy atom. The Kier molecular flexibility index (Phi) is 7.78. The number of carbonyl (C=O) groups excluding carboxylic acids is 2. The van der Waals surface area contributed by atoms with E-state index in [0.717, 1.165) is 19.3 Å². The summed E-state index contributed by atoms with van der Waals surface area (Å²) in [7, 11) is 0. The minimum atomic E-state index is -0.264. The number of amides is 2. The molecule has 0 atom stereocenters. The van der Waals surface area contributed by atoms with Gasteiger partial charge in [-0.1, -0.05) is 19.8 Å². The molecule has 1 aromatic heterocycles. The van der Waals surface area contributed by atoms with Crippen LogP contribution in [0.25, 0.3) is 0 Å². The van der Waals surface area contributed by atoms with E-state index in [4.69, 9.17) is 4.42 Å². The van der Waals surface area contributed by atoms with Gasteiger partial charge in [0.2, 0.25) is 11.8 Å². The summed E-state index contributed by atoms with van der Waals surface area (Å²) in [5, 5.41) is 2.76. The number of nitrogens with zero attached hydrogens (tertiary/aromatic N) is 2. The van der Waals surface area contributed by atoms with E-state index in [2.05, 4.69) is 17.2 Å². The summed E-state index contributed by atoms with van der Waals surface area (Å²) in [4.78, 5) is 30.1. The summed E-state index contributed by atoms with van der Waals surface area (Å²) >= 11 is 0. The van der Waals surface area contributed by atoms with Crippen molar-refractivity contribution in [3.63, 3.8) is 0 Å². The van der Waals surface area contributed by atoms with Crippen molar-refractivity contribution < 1.29 is 14.0 Å². The number of unbranched alkanes of at least 4 members (excludes halogenated alkanes) is 2. The minimum Gasteiger partial charge on any atom is -0.446 e. The van der Waals surface area contributed by atoms with Gasteiger partial charge in [0, 0.05) is 18.5 Å². The molecule has 0 fully saturated rings. The van der Waals surface area contributed by atoms with Crippen LogP contribution in [0.1, 0.15) is 76.7 Å². The van der Waals surface area contributed by atoms with Crippen LogP contribution >= 0.6 is 0 Å². The second kappa shape index (κ2) is 9.33. The van der Waals surface area contributed by atoms with Gasteiger partial charge < -0.3 is 14.6 Å². The molecule has 6 nitrogen and oxygen atoms in total. The first-order valence-electron chi connectivity index (χ1n) is 8.39. The van der Waals surface area contributed by atoms with Gasteiger partial charge in [-0.3, -0.25) is 9.59 Å². The van der Waals surface area contributed by atoms with E-state index in [1.54, 1.807) is 4.90 Å². The van der Waals surface area contributed by atoms with E-state index in [9.17, 15) is 9.59 Å². The standard InChI is InChI=1S/C17H29N3O3/c1-6-7-8-9-16(21)20(13(4)5)10-15-19-14(11-23-15)17(22)18-12(2)3/h11-13H,6-10H2,1-5H3,(H,18,22). The summed E-state index contributed by atoms with van der Waals surface area (Å²) in [6.45, 7) is 10.1. The monoisotopic (exact) mass is 323 g/mol. The molecule has 0 aliphatic heterocycles. The molecule has 130 valence electrons. The molecule has 1 rings (SSSR count). The van der Waals surface area contributed by atoms with E-state index in [0.29, 0.717) is 12.3 Å². The van der Waals surface area contributed by atoms with Crippen LogP contribution in [0.2, 0.25) is 0 Å². The fourth-order valence-electron chi connectivity index (χ4n) is 2.20. The molecule has 0 aliphatic rings. The van der Waals surface area contributed by atoms with Crippen LogP contribution in [0, 0.1) is 0 Å². The van der Waals surface area contributed by atoms with Crippen molar-refractivity contribution in [1.29, 1.82) is 0 Å². The fraction of sp³-hybridized carbons (Fsp3) is 0.706. The summed E-state index contributed by atoms with van der Waals surface area (Å²) in [5.74, 6) is 0.219. The molecule has 0 spiro atoms. The number of nitrogens with one attached hydrogen (secondary N) is 1. The van der Waals surface area contributed by atoms with E-state index < -0.39 is 0 Å². The van der Waals surface area contributed by atoms with Gasteiger partial charge in [0.25, 0.3) is 5.91 Å². The number of rotatable bonds is 9. The number of oxazole rings is 1. The fourth-order valence-corrected chi connectivity index (χ4v) is 2.20. The summed E-state index contributed by atoms with van der Waals surface area (Å²) in [6.07, 6.45) is 4.91. The highest BCUT2D eigenvalue weighted by Crippen LogP contribution is 2.12. The van der Waals surface area contributed by atoms with E-state index in [-0.39, 0.29) is 36.1 Å². The normalized spacial score (nSPS) is 11.1. The third-order valence-corrected chi connectivity index (χ3v) is 3.45. The third kappa shape index (κ3) is 6.42. The number of aromatic nitrogens is 1. The Bertz CT molecular complexity index is 509. The maximum absolute atomic E-state index is 12.3. The summed E-state index contributed by atoms with van der Waals surface area (Å²) < 4.78 is 5.36. The summed E-state index contributed by atoms with van der Waals surface area (Å²) in [5.41, 5.74) is 0.246. The predicted molar refractivity (Wildman–Crippen MR) is 88.9 cm³/mol. The molecular weight excluding hydrogens is 294 g/mol. The van der Waals surface area contributed by atoms with E-state index >= 15 is 0 Å². The van der Waals surface area contributed by atoms with Gasteiger partial charge in [0.15, 0.2) is 5.69 Å². The predicted octanol–water partition coefficient (Wildman–Crippen LogP) is 3.13. The quantitative estimate of drug-likeness (QED) is 0.708. The Morgan fingerprint density at radius 3 is 2.52 bits per heavy atom. The van der Waals surface area contributed by atoms with Crippen molar-refractivity contribution in [1.82, 2.24) is 15.2 Å². The zero-order valence-electron chi connectivity index (χ0n) is 14.9. The Labute approximate surface area is 138 Å². The summed E-state index contributed by atoms with van der Waals surface area (Å²) in [6, 6.07) is 0.0962. The molecule has 1 aromatic rings. The van der Waals surface area contributed by atoms with Crippen LogP contribution in [0.15, 0.2) is 10.7 Å². The van der Waals surface area contributed by atoms with Gasteiger partial charge >= 0.3 is 0 Å². The Morgan fingerprint density at radius 1 is 1.26 bits per heavy atom. The van der Waals surface area contributed by atoms with Crippen molar-refractivity contribution in [2.24, 2.45) is 0 Å². The number of carbonyl (C=O) groups is 2. The second-order valence-electron chi connectivity index (χ2n) is 6.33. The molecule has 6 heteroatoms. The second-order valence-corrected chi connectivity index (χ2v) is 6.33. The van der Waals surface area contributed by atoms with Crippen molar-refractivity contribution in [3.8, 4) is 0 Å². The number of hydrogen-bond donors (Lipinski definition) is 1. The molecule has 0 bridgehead atoms.